The van der Waals surface area contributed by atoms with Gasteiger partial charge in [-0.15, -0.1) is 0 Å². The number of nitrogens with zero attached hydrogens (tertiary/aromatic N) is 1. The van der Waals surface area contributed by atoms with Gasteiger partial charge in [0.05, 0.1) is 5.75 Å². The van der Waals surface area contributed by atoms with Gasteiger partial charge < -0.3 is 10.0 Å². The molecule has 6 heteroatoms. The van der Waals surface area contributed by atoms with Crippen molar-refractivity contribution < 1.29 is 13.5 Å². The van der Waals surface area contributed by atoms with Crippen LogP contribution in [0.4, 0.5) is 0 Å². The van der Waals surface area contributed by atoms with Crippen LogP contribution in [0.2, 0.25) is 0 Å². The maximum Gasteiger partial charge on any atom is 0.211 e. The average Bonchev–Trinajstić information content (AvgIpc) is 2.11. The minimum atomic E-state index is -3.21. The van der Waals surface area contributed by atoms with E-state index in [1.165, 1.54) is 0 Å². The van der Waals surface area contributed by atoms with E-state index >= 15 is 0 Å². The van der Waals surface area contributed by atoms with Crippen molar-refractivity contribution in [1.82, 2.24) is 9.62 Å². The molecule has 1 atom stereocenters. The standard InChI is InChI=1S/C8H20N2O3S/c1-8(10(2)3)7-9-14(12,13)6-4-5-11/h8-9,11H,4-7H2,1-3H3. The minimum Gasteiger partial charge on any atom is -0.396 e. The van der Waals surface area contributed by atoms with Crippen LogP contribution < -0.4 is 4.72 Å². The van der Waals surface area contributed by atoms with Crippen LogP contribution >= 0.6 is 0 Å². The molecule has 0 aromatic rings. The number of aliphatic hydroxyl groups is 1. The van der Waals surface area contributed by atoms with Gasteiger partial charge in [0.25, 0.3) is 0 Å². The van der Waals surface area contributed by atoms with Crippen LogP contribution in [0.3, 0.4) is 0 Å². The van der Waals surface area contributed by atoms with Crippen molar-refractivity contribution in [2.45, 2.75) is 19.4 Å². The van der Waals surface area contributed by atoms with Gasteiger partial charge in [-0.3, -0.25) is 0 Å². The second-order valence-corrected chi connectivity index (χ2v) is 5.48. The number of rotatable bonds is 7. The average molecular weight is 224 g/mol. The zero-order chi connectivity index (χ0) is 11.2. The molecule has 0 aromatic carbocycles. The van der Waals surface area contributed by atoms with Gasteiger partial charge in [-0.2, -0.15) is 0 Å². The normalized spacial score (nSPS) is 14.6. The summed E-state index contributed by atoms with van der Waals surface area (Å²) < 4.78 is 25.0. The predicted octanol–water partition coefficient (Wildman–Crippen LogP) is -0.762. The molecule has 0 spiro atoms. The summed E-state index contributed by atoms with van der Waals surface area (Å²) in [6.45, 7) is 2.25. The maximum atomic E-state index is 11.3. The molecule has 0 bridgehead atoms. The van der Waals surface area contributed by atoms with E-state index in [9.17, 15) is 8.42 Å². The van der Waals surface area contributed by atoms with Crippen LogP contribution in [0.15, 0.2) is 0 Å². The number of hydrogen-bond donors (Lipinski definition) is 2. The first-order chi connectivity index (χ1) is 6.39. The Balaban J connectivity index is 3.87. The highest BCUT2D eigenvalue weighted by molar-refractivity contribution is 7.89. The Bertz CT molecular complexity index is 239. The van der Waals surface area contributed by atoms with Gasteiger partial charge in [0.2, 0.25) is 10.0 Å². The summed E-state index contributed by atoms with van der Waals surface area (Å²) in [5, 5.41) is 8.49. The SMILES string of the molecule is CC(CNS(=O)(=O)CCCO)N(C)C. The van der Waals surface area contributed by atoms with E-state index in [2.05, 4.69) is 4.72 Å². The quantitative estimate of drug-likeness (QED) is 0.596. The lowest BCUT2D eigenvalue weighted by Crippen LogP contribution is -2.39. The molecule has 14 heavy (non-hydrogen) atoms. The van der Waals surface area contributed by atoms with E-state index in [4.69, 9.17) is 5.11 Å². The van der Waals surface area contributed by atoms with Gasteiger partial charge in [0, 0.05) is 19.2 Å². The number of hydrogen-bond acceptors (Lipinski definition) is 4. The fourth-order valence-electron chi connectivity index (χ4n) is 0.757. The van der Waals surface area contributed by atoms with Crippen molar-refractivity contribution in [2.75, 3.05) is 33.0 Å². The number of nitrogens with one attached hydrogen (secondary N) is 1. The molecule has 0 fully saturated rings. The first kappa shape index (κ1) is 13.8. The van der Waals surface area contributed by atoms with E-state index in [0.29, 0.717) is 6.54 Å². The topological polar surface area (TPSA) is 69.6 Å². The third-order valence-corrected chi connectivity index (χ3v) is 3.48. The maximum absolute atomic E-state index is 11.3. The molecule has 1 unspecified atom stereocenters. The fourth-order valence-corrected chi connectivity index (χ4v) is 1.91. The second-order valence-electron chi connectivity index (χ2n) is 3.56. The third kappa shape index (κ3) is 6.31. The van der Waals surface area contributed by atoms with Crippen molar-refractivity contribution in [3.63, 3.8) is 0 Å². The molecule has 86 valence electrons. The van der Waals surface area contributed by atoms with E-state index in [1.807, 2.05) is 25.9 Å². The highest BCUT2D eigenvalue weighted by atomic mass is 32.2. The molecule has 0 saturated carbocycles. The zero-order valence-electron chi connectivity index (χ0n) is 9.02. The largest absolute Gasteiger partial charge is 0.396 e. The molecule has 0 radical (unpaired) electrons. The lowest BCUT2D eigenvalue weighted by atomic mass is 10.3. The highest BCUT2D eigenvalue weighted by Gasteiger charge is 2.12. The summed E-state index contributed by atoms with van der Waals surface area (Å²) >= 11 is 0. The molecule has 0 aromatic heterocycles. The first-order valence-electron chi connectivity index (χ1n) is 4.63. The molecule has 0 rings (SSSR count). The van der Waals surface area contributed by atoms with E-state index < -0.39 is 10.0 Å². The molecular weight excluding hydrogens is 204 g/mol. The summed E-state index contributed by atoms with van der Waals surface area (Å²) in [7, 11) is 0.582. The molecule has 0 aliphatic rings. The smallest absolute Gasteiger partial charge is 0.211 e. The van der Waals surface area contributed by atoms with Gasteiger partial charge in [-0.1, -0.05) is 0 Å². The Morgan fingerprint density at radius 2 is 2.00 bits per heavy atom. The van der Waals surface area contributed by atoms with Crippen molar-refractivity contribution in [1.29, 1.82) is 0 Å². The number of sulfonamides is 1. The summed E-state index contributed by atoms with van der Waals surface area (Å²) in [4.78, 5) is 1.94. The van der Waals surface area contributed by atoms with E-state index in [1.54, 1.807) is 0 Å². The molecule has 2 N–H and O–H groups in total. The van der Waals surface area contributed by atoms with Gasteiger partial charge >= 0.3 is 0 Å². The van der Waals surface area contributed by atoms with Crippen molar-refractivity contribution >= 4 is 10.0 Å². The summed E-state index contributed by atoms with van der Waals surface area (Å²) in [5.41, 5.74) is 0. The van der Waals surface area contributed by atoms with Crippen LogP contribution in [0.5, 0.6) is 0 Å². The summed E-state index contributed by atoms with van der Waals surface area (Å²) in [6.07, 6.45) is 0.283. The van der Waals surface area contributed by atoms with Gasteiger partial charge in [-0.05, 0) is 27.4 Å². The van der Waals surface area contributed by atoms with E-state index in [0.717, 1.165) is 0 Å². The lowest BCUT2D eigenvalue weighted by molar-refractivity contribution is 0.294. The molecule has 0 heterocycles. The third-order valence-electron chi connectivity index (χ3n) is 2.05. The van der Waals surface area contributed by atoms with Crippen LogP contribution in [0.25, 0.3) is 0 Å². The Morgan fingerprint density at radius 3 is 2.43 bits per heavy atom. The van der Waals surface area contributed by atoms with Gasteiger partial charge in [0.15, 0.2) is 0 Å². The predicted molar refractivity (Wildman–Crippen MR) is 56.6 cm³/mol. The lowest BCUT2D eigenvalue weighted by Gasteiger charge is -2.19. The summed E-state index contributed by atoms with van der Waals surface area (Å²) in [6, 6.07) is 0.166. The molecule has 0 aliphatic carbocycles. The molecular formula is C8H20N2O3S. The van der Waals surface area contributed by atoms with Crippen LogP contribution in [-0.2, 0) is 10.0 Å². The number of likely N-dealkylation sites (N-methyl/N-ethyl adjacent to an activating group) is 1. The minimum absolute atomic E-state index is 0.0103. The van der Waals surface area contributed by atoms with Crippen LogP contribution in [0.1, 0.15) is 13.3 Å². The highest BCUT2D eigenvalue weighted by Crippen LogP contribution is 1.93. The summed E-state index contributed by atoms with van der Waals surface area (Å²) in [5.74, 6) is -0.0103. The Kier molecular flexibility index (Phi) is 6.26. The zero-order valence-corrected chi connectivity index (χ0v) is 9.84. The van der Waals surface area contributed by atoms with Crippen molar-refractivity contribution in [2.24, 2.45) is 0 Å². The first-order valence-corrected chi connectivity index (χ1v) is 6.29. The second kappa shape index (κ2) is 6.34. The van der Waals surface area contributed by atoms with Gasteiger partial charge in [0.1, 0.15) is 0 Å². The van der Waals surface area contributed by atoms with E-state index in [-0.39, 0.29) is 24.8 Å². The Morgan fingerprint density at radius 1 is 1.43 bits per heavy atom. The van der Waals surface area contributed by atoms with Crippen LogP contribution in [-0.4, -0.2) is 57.5 Å². The molecule has 0 amide bonds. The Labute approximate surface area is 86.2 Å². The molecule has 0 aliphatic heterocycles. The van der Waals surface area contributed by atoms with Crippen LogP contribution in [0, 0.1) is 0 Å². The van der Waals surface area contributed by atoms with Crippen molar-refractivity contribution in [3.8, 4) is 0 Å². The van der Waals surface area contributed by atoms with Gasteiger partial charge in [-0.25, -0.2) is 13.1 Å². The van der Waals surface area contributed by atoms with Crippen molar-refractivity contribution in [3.05, 3.63) is 0 Å². The monoisotopic (exact) mass is 224 g/mol. The molecule has 0 saturated heterocycles. The Hall–Kier alpha value is -0.170. The number of aliphatic hydroxyl groups excluding tert-OH is 1. The fraction of sp³-hybridized carbons (Fsp3) is 1.00. The molecule has 5 nitrogen and oxygen atoms in total.